The Bertz CT molecular complexity index is 430. The number of fused-ring (bicyclic) bond motifs is 2. The Morgan fingerprint density at radius 3 is 2.33 bits per heavy atom. The van der Waals surface area contributed by atoms with Crippen LogP contribution < -0.4 is 0 Å². The highest BCUT2D eigenvalue weighted by molar-refractivity contribution is 8.00. The minimum Gasteiger partial charge on any atom is -0.294 e. The molecule has 3 rings (SSSR count). The van der Waals surface area contributed by atoms with E-state index in [1.54, 1.807) is 12.1 Å². The van der Waals surface area contributed by atoms with E-state index in [2.05, 4.69) is 11.8 Å². The lowest BCUT2D eigenvalue weighted by atomic mass is 9.84. The molecule has 2 bridgehead atoms. The molecule has 0 N–H and O–H groups in total. The molecule has 0 aliphatic carbocycles. The first-order valence-corrected chi connectivity index (χ1v) is 7.62. The third-order valence-electron chi connectivity index (χ3n) is 4.03. The van der Waals surface area contributed by atoms with Gasteiger partial charge in [0.05, 0.1) is 0 Å². The molecule has 0 aromatic heterocycles. The Kier molecular flexibility index (Phi) is 3.42. The average Bonchev–Trinajstić information content (AvgIpc) is 2.38. The van der Waals surface area contributed by atoms with Crippen molar-refractivity contribution in [2.75, 3.05) is 0 Å². The molecular formula is C15H17FOS. The standard InChI is InChI=1S/C15H17FOS/c16-12-6-4-10(5-7-12)15(17)11-8-13-2-1-3-14(9-11)18-13/h4-7,11,13-14H,1-3,8-9H2. The smallest absolute Gasteiger partial charge is 0.166 e. The second kappa shape index (κ2) is 5.04. The van der Waals surface area contributed by atoms with Crippen molar-refractivity contribution in [1.82, 2.24) is 0 Å². The Labute approximate surface area is 111 Å². The fourth-order valence-corrected chi connectivity index (χ4v) is 4.96. The van der Waals surface area contributed by atoms with Gasteiger partial charge in [0.2, 0.25) is 0 Å². The van der Waals surface area contributed by atoms with E-state index in [4.69, 9.17) is 0 Å². The van der Waals surface area contributed by atoms with Crippen LogP contribution in [0.25, 0.3) is 0 Å². The highest BCUT2D eigenvalue weighted by Crippen LogP contribution is 2.44. The molecular weight excluding hydrogens is 247 g/mol. The fourth-order valence-electron chi connectivity index (χ4n) is 3.12. The van der Waals surface area contributed by atoms with Gasteiger partial charge in [0, 0.05) is 22.0 Å². The number of benzene rings is 1. The van der Waals surface area contributed by atoms with Crippen LogP contribution in [-0.2, 0) is 0 Å². The quantitative estimate of drug-likeness (QED) is 0.749. The first-order valence-electron chi connectivity index (χ1n) is 6.67. The van der Waals surface area contributed by atoms with Crippen LogP contribution in [0.1, 0.15) is 42.5 Å². The number of hydrogen-bond donors (Lipinski definition) is 0. The van der Waals surface area contributed by atoms with Crippen molar-refractivity contribution in [3.05, 3.63) is 35.6 Å². The van der Waals surface area contributed by atoms with Crippen LogP contribution in [0, 0.1) is 11.7 Å². The van der Waals surface area contributed by atoms with Crippen molar-refractivity contribution < 1.29 is 9.18 Å². The van der Waals surface area contributed by atoms with Crippen LogP contribution in [0.5, 0.6) is 0 Å². The molecule has 18 heavy (non-hydrogen) atoms. The molecule has 0 spiro atoms. The monoisotopic (exact) mass is 264 g/mol. The van der Waals surface area contributed by atoms with Crippen molar-refractivity contribution in [3.63, 3.8) is 0 Å². The highest BCUT2D eigenvalue weighted by atomic mass is 32.2. The van der Waals surface area contributed by atoms with E-state index in [1.165, 1.54) is 31.4 Å². The number of thioether (sulfide) groups is 1. The van der Waals surface area contributed by atoms with Crippen LogP contribution in [0.2, 0.25) is 0 Å². The maximum absolute atomic E-state index is 12.9. The lowest BCUT2D eigenvalue weighted by Crippen LogP contribution is -2.32. The summed E-state index contributed by atoms with van der Waals surface area (Å²) in [5.74, 6) is 0.0989. The predicted molar refractivity (Wildman–Crippen MR) is 72.5 cm³/mol. The second-order valence-electron chi connectivity index (χ2n) is 5.35. The molecule has 2 fully saturated rings. The largest absolute Gasteiger partial charge is 0.294 e. The normalized spacial score (nSPS) is 31.1. The van der Waals surface area contributed by atoms with Gasteiger partial charge in [-0.1, -0.05) is 6.42 Å². The van der Waals surface area contributed by atoms with E-state index < -0.39 is 0 Å². The van der Waals surface area contributed by atoms with Gasteiger partial charge < -0.3 is 0 Å². The molecule has 0 radical (unpaired) electrons. The molecule has 2 unspecified atom stereocenters. The van der Waals surface area contributed by atoms with E-state index in [0.717, 1.165) is 12.8 Å². The maximum atomic E-state index is 12.9. The van der Waals surface area contributed by atoms with Crippen molar-refractivity contribution in [1.29, 1.82) is 0 Å². The maximum Gasteiger partial charge on any atom is 0.166 e. The van der Waals surface area contributed by atoms with Crippen LogP contribution in [0.3, 0.4) is 0 Å². The van der Waals surface area contributed by atoms with Crippen molar-refractivity contribution in [2.45, 2.75) is 42.6 Å². The van der Waals surface area contributed by atoms with Crippen molar-refractivity contribution in [3.8, 4) is 0 Å². The first kappa shape index (κ1) is 12.2. The Morgan fingerprint density at radius 1 is 1.11 bits per heavy atom. The van der Waals surface area contributed by atoms with Gasteiger partial charge in [-0.25, -0.2) is 4.39 Å². The molecule has 0 amide bonds. The number of hydrogen-bond acceptors (Lipinski definition) is 2. The summed E-state index contributed by atoms with van der Waals surface area (Å²) >= 11 is 2.08. The van der Waals surface area contributed by atoms with Gasteiger partial charge in [0.15, 0.2) is 5.78 Å². The molecule has 96 valence electrons. The van der Waals surface area contributed by atoms with Gasteiger partial charge >= 0.3 is 0 Å². The van der Waals surface area contributed by atoms with Crippen molar-refractivity contribution in [2.24, 2.45) is 5.92 Å². The van der Waals surface area contributed by atoms with E-state index in [0.29, 0.717) is 16.1 Å². The molecule has 2 saturated heterocycles. The Morgan fingerprint density at radius 2 is 1.72 bits per heavy atom. The molecule has 2 aliphatic rings. The third kappa shape index (κ3) is 2.46. The summed E-state index contributed by atoms with van der Waals surface area (Å²) in [5.41, 5.74) is 0.673. The zero-order valence-corrected chi connectivity index (χ0v) is 11.1. The summed E-state index contributed by atoms with van der Waals surface area (Å²) in [6.45, 7) is 0. The van der Waals surface area contributed by atoms with Gasteiger partial charge in [0.25, 0.3) is 0 Å². The van der Waals surface area contributed by atoms with E-state index in [-0.39, 0.29) is 17.5 Å². The fraction of sp³-hybridized carbons (Fsp3) is 0.533. The summed E-state index contributed by atoms with van der Waals surface area (Å²) < 4.78 is 12.9. The number of carbonyl (C=O) groups excluding carboxylic acids is 1. The lowest BCUT2D eigenvalue weighted by Gasteiger charge is -2.37. The molecule has 0 saturated carbocycles. The number of halogens is 1. The summed E-state index contributed by atoms with van der Waals surface area (Å²) in [4.78, 5) is 12.4. The molecule has 2 heterocycles. The lowest BCUT2D eigenvalue weighted by molar-refractivity contribution is 0.0896. The minimum atomic E-state index is -0.275. The minimum absolute atomic E-state index is 0.159. The van der Waals surface area contributed by atoms with Gasteiger partial charge in [-0.05, 0) is 49.9 Å². The van der Waals surface area contributed by atoms with E-state index in [1.807, 2.05) is 0 Å². The summed E-state index contributed by atoms with van der Waals surface area (Å²) in [5, 5.41) is 1.35. The first-order chi connectivity index (χ1) is 8.72. The topological polar surface area (TPSA) is 17.1 Å². The highest BCUT2D eigenvalue weighted by Gasteiger charge is 2.35. The second-order valence-corrected chi connectivity index (χ2v) is 6.96. The molecule has 1 aromatic rings. The zero-order chi connectivity index (χ0) is 12.5. The van der Waals surface area contributed by atoms with Crippen LogP contribution >= 0.6 is 11.8 Å². The third-order valence-corrected chi connectivity index (χ3v) is 5.66. The summed E-state index contributed by atoms with van der Waals surface area (Å²) in [6, 6.07) is 6.00. The van der Waals surface area contributed by atoms with Gasteiger partial charge in [-0.3, -0.25) is 4.79 Å². The molecule has 3 heteroatoms. The average molecular weight is 264 g/mol. The molecule has 2 aliphatic heterocycles. The van der Waals surface area contributed by atoms with Crippen LogP contribution in [0.4, 0.5) is 4.39 Å². The number of Topliss-reactive ketones (excluding diaryl/α,β-unsaturated/α-hetero) is 1. The van der Waals surface area contributed by atoms with Crippen LogP contribution in [-0.4, -0.2) is 16.3 Å². The molecule has 1 nitrogen and oxygen atoms in total. The van der Waals surface area contributed by atoms with E-state index in [9.17, 15) is 9.18 Å². The number of rotatable bonds is 2. The van der Waals surface area contributed by atoms with Gasteiger partial charge in [-0.2, -0.15) is 11.8 Å². The number of ketones is 1. The molecule has 2 atom stereocenters. The van der Waals surface area contributed by atoms with Gasteiger partial charge in [-0.15, -0.1) is 0 Å². The van der Waals surface area contributed by atoms with Gasteiger partial charge in [0.1, 0.15) is 5.82 Å². The zero-order valence-electron chi connectivity index (χ0n) is 10.3. The van der Waals surface area contributed by atoms with E-state index >= 15 is 0 Å². The van der Waals surface area contributed by atoms with Crippen LogP contribution in [0.15, 0.2) is 24.3 Å². The number of carbonyl (C=O) groups is 1. The summed E-state index contributed by atoms with van der Waals surface area (Å²) in [7, 11) is 0. The Hall–Kier alpha value is -0.830. The Balaban J connectivity index is 1.74. The SMILES string of the molecule is O=C(c1ccc(F)cc1)C1CC2CCCC(C1)S2. The predicted octanol–water partition coefficient (Wildman–Crippen LogP) is 4.07. The summed E-state index contributed by atoms with van der Waals surface area (Å²) in [6.07, 6.45) is 5.86. The van der Waals surface area contributed by atoms with Crippen molar-refractivity contribution >= 4 is 17.5 Å². The molecule has 1 aromatic carbocycles.